The number of nitrogen functional groups attached to an aromatic ring is 1. The van der Waals surface area contributed by atoms with E-state index in [1.807, 2.05) is 18.4 Å². The second-order valence-corrected chi connectivity index (χ2v) is 5.93. The van der Waals surface area contributed by atoms with Gasteiger partial charge in [0.05, 0.1) is 16.1 Å². The second-order valence-electron chi connectivity index (χ2n) is 4.98. The van der Waals surface area contributed by atoms with E-state index in [4.69, 9.17) is 5.73 Å². The molecular weight excluding hydrogens is 315 g/mol. The molecule has 0 spiro atoms. The van der Waals surface area contributed by atoms with Crippen molar-refractivity contribution in [3.05, 3.63) is 41.4 Å². The summed E-state index contributed by atoms with van der Waals surface area (Å²) in [6.07, 6.45) is 3.36. The van der Waals surface area contributed by atoms with Crippen molar-refractivity contribution in [3.8, 4) is 22.0 Å². The third-order valence-electron chi connectivity index (χ3n) is 3.37. The van der Waals surface area contributed by atoms with E-state index in [9.17, 15) is 4.39 Å². The highest BCUT2D eigenvalue weighted by Crippen LogP contribution is 2.31. The van der Waals surface area contributed by atoms with Crippen molar-refractivity contribution in [2.24, 2.45) is 0 Å². The van der Waals surface area contributed by atoms with Gasteiger partial charge in [-0.25, -0.2) is 19.3 Å². The molecule has 8 heteroatoms. The van der Waals surface area contributed by atoms with Crippen molar-refractivity contribution in [2.75, 3.05) is 5.73 Å². The first-order valence-corrected chi connectivity index (χ1v) is 7.69. The Kier molecular flexibility index (Phi) is 3.05. The van der Waals surface area contributed by atoms with Gasteiger partial charge in [0, 0.05) is 12.4 Å². The van der Waals surface area contributed by atoms with Crippen molar-refractivity contribution in [2.45, 2.75) is 6.92 Å². The van der Waals surface area contributed by atoms with Crippen LogP contribution in [0.1, 0.15) is 5.69 Å². The van der Waals surface area contributed by atoms with E-state index >= 15 is 0 Å². The summed E-state index contributed by atoms with van der Waals surface area (Å²) in [5.41, 5.74) is 8.61. The third kappa shape index (κ3) is 2.23. The molecule has 0 fully saturated rings. The third-order valence-corrected chi connectivity index (χ3v) is 4.25. The number of halogens is 1. The summed E-state index contributed by atoms with van der Waals surface area (Å²) < 4.78 is 14.3. The number of H-pyrrole nitrogens is 1. The van der Waals surface area contributed by atoms with E-state index in [2.05, 4.69) is 24.9 Å². The van der Waals surface area contributed by atoms with Gasteiger partial charge in [-0.2, -0.15) is 0 Å². The van der Waals surface area contributed by atoms with Gasteiger partial charge in [0.15, 0.2) is 23.1 Å². The fourth-order valence-electron chi connectivity index (χ4n) is 2.32. The van der Waals surface area contributed by atoms with Crippen LogP contribution in [0.2, 0.25) is 0 Å². The number of rotatable bonds is 2. The predicted octanol–water partition coefficient (Wildman–Crippen LogP) is 3.17. The van der Waals surface area contributed by atoms with Crippen LogP contribution in [0.5, 0.6) is 0 Å². The molecule has 0 bridgehead atoms. The zero-order chi connectivity index (χ0) is 16.0. The normalized spacial score (nSPS) is 11.2. The lowest BCUT2D eigenvalue weighted by Crippen LogP contribution is -2.02. The molecule has 4 aromatic rings. The van der Waals surface area contributed by atoms with Crippen molar-refractivity contribution in [1.29, 1.82) is 0 Å². The first kappa shape index (κ1) is 13.8. The van der Waals surface area contributed by atoms with E-state index < -0.39 is 5.82 Å². The first-order valence-electron chi connectivity index (χ1n) is 6.81. The Morgan fingerprint density at radius 1 is 1.26 bits per heavy atom. The van der Waals surface area contributed by atoms with Gasteiger partial charge < -0.3 is 10.7 Å². The lowest BCUT2D eigenvalue weighted by atomic mass is 10.2. The van der Waals surface area contributed by atoms with Crippen LogP contribution in [0, 0.1) is 12.7 Å². The number of aromatic amines is 1. The van der Waals surface area contributed by atoms with Gasteiger partial charge in [-0.05, 0) is 18.4 Å². The minimum atomic E-state index is -0.613. The van der Waals surface area contributed by atoms with Crippen LogP contribution in [0.25, 0.3) is 33.1 Å². The average molecular weight is 326 g/mol. The Labute approximate surface area is 134 Å². The molecule has 4 rings (SSSR count). The van der Waals surface area contributed by atoms with Crippen LogP contribution in [-0.2, 0) is 0 Å². The summed E-state index contributed by atoms with van der Waals surface area (Å²) in [4.78, 5) is 20.9. The number of thiophene rings is 1. The minimum Gasteiger partial charge on any atom is -0.381 e. The Balaban J connectivity index is 1.95. The number of aryl methyl sites for hydroxylation is 1. The lowest BCUT2D eigenvalue weighted by Gasteiger charge is -2.05. The van der Waals surface area contributed by atoms with Crippen LogP contribution in [0.4, 0.5) is 10.2 Å². The number of hydrogen-bond acceptors (Lipinski definition) is 6. The molecule has 0 saturated carbocycles. The zero-order valence-corrected chi connectivity index (χ0v) is 12.9. The largest absolute Gasteiger partial charge is 0.381 e. The summed E-state index contributed by atoms with van der Waals surface area (Å²) in [7, 11) is 0. The molecule has 4 aromatic heterocycles. The molecule has 0 amide bonds. The minimum absolute atomic E-state index is 0.187. The molecule has 23 heavy (non-hydrogen) atoms. The smallest absolute Gasteiger partial charge is 0.192 e. The van der Waals surface area contributed by atoms with Gasteiger partial charge >= 0.3 is 0 Å². The fourth-order valence-corrected chi connectivity index (χ4v) is 3.02. The molecule has 0 aliphatic heterocycles. The zero-order valence-electron chi connectivity index (χ0n) is 12.0. The monoisotopic (exact) mass is 326 g/mol. The Hall–Kier alpha value is -2.87. The highest BCUT2D eigenvalue weighted by Gasteiger charge is 2.18. The molecule has 0 radical (unpaired) electrons. The number of hydrogen-bond donors (Lipinski definition) is 2. The topological polar surface area (TPSA) is 93.4 Å². The van der Waals surface area contributed by atoms with Gasteiger partial charge in [0.1, 0.15) is 11.2 Å². The highest BCUT2D eigenvalue weighted by atomic mass is 32.1. The lowest BCUT2D eigenvalue weighted by molar-refractivity contribution is 0.625. The summed E-state index contributed by atoms with van der Waals surface area (Å²) >= 11 is 1.39. The van der Waals surface area contributed by atoms with E-state index in [0.29, 0.717) is 27.4 Å². The molecule has 0 aliphatic carbocycles. The molecule has 0 aromatic carbocycles. The predicted molar refractivity (Wildman–Crippen MR) is 87.3 cm³/mol. The molecule has 0 atom stereocenters. The fraction of sp³-hybridized carbons (Fsp3) is 0.0667. The van der Waals surface area contributed by atoms with Crippen LogP contribution < -0.4 is 5.73 Å². The molecule has 6 nitrogen and oxygen atoms in total. The van der Waals surface area contributed by atoms with Crippen molar-refractivity contribution in [1.82, 2.24) is 24.9 Å². The Morgan fingerprint density at radius 3 is 2.91 bits per heavy atom. The van der Waals surface area contributed by atoms with Crippen LogP contribution in [-0.4, -0.2) is 24.9 Å². The first-order chi connectivity index (χ1) is 11.1. The standard InChI is InChI=1S/C15H11FN6S/c1-7-5-18-11-8(6-19-15(11)20-7)14-21-12(9-3-2-4-23-9)10(16)13(17)22-14/h2-6H,1H3,(H,19,20)(H2,17,21,22). The number of nitrogens with zero attached hydrogens (tertiary/aromatic N) is 4. The van der Waals surface area contributed by atoms with Gasteiger partial charge in [-0.3, -0.25) is 4.98 Å². The highest BCUT2D eigenvalue weighted by molar-refractivity contribution is 7.13. The maximum absolute atomic E-state index is 14.3. The molecular formula is C15H11FN6S. The Bertz CT molecular complexity index is 1010. The second kappa shape index (κ2) is 5.10. The molecule has 114 valence electrons. The van der Waals surface area contributed by atoms with Crippen molar-refractivity contribution < 1.29 is 4.39 Å². The molecule has 4 heterocycles. The van der Waals surface area contributed by atoms with E-state index in [1.54, 1.807) is 18.5 Å². The number of anilines is 1. The summed E-state index contributed by atoms with van der Waals surface area (Å²) in [5, 5.41) is 1.85. The van der Waals surface area contributed by atoms with Crippen molar-refractivity contribution >= 4 is 28.3 Å². The average Bonchev–Trinajstić information content (AvgIpc) is 3.18. The molecule has 0 unspecified atom stereocenters. The quantitative estimate of drug-likeness (QED) is 0.590. The summed E-state index contributed by atoms with van der Waals surface area (Å²) in [6, 6.07) is 3.62. The van der Waals surface area contributed by atoms with Crippen LogP contribution in [0.3, 0.4) is 0 Å². The van der Waals surface area contributed by atoms with Gasteiger partial charge in [0.2, 0.25) is 0 Å². The molecule has 0 saturated heterocycles. The van der Waals surface area contributed by atoms with E-state index in [1.165, 1.54) is 11.3 Å². The van der Waals surface area contributed by atoms with Gasteiger partial charge in [-0.1, -0.05) is 6.07 Å². The Morgan fingerprint density at radius 2 is 2.13 bits per heavy atom. The van der Waals surface area contributed by atoms with Crippen LogP contribution in [0.15, 0.2) is 29.9 Å². The number of aromatic nitrogens is 5. The summed E-state index contributed by atoms with van der Waals surface area (Å²) in [5.74, 6) is -0.484. The SMILES string of the molecule is Cc1cnc2c(-c3nc(N)c(F)c(-c4cccs4)n3)c[nH]c2n1. The van der Waals surface area contributed by atoms with Crippen molar-refractivity contribution in [3.63, 3.8) is 0 Å². The maximum atomic E-state index is 14.3. The molecule has 3 N–H and O–H groups in total. The van der Waals surface area contributed by atoms with E-state index in [0.717, 1.165) is 5.69 Å². The van der Waals surface area contributed by atoms with Gasteiger partial charge in [0.25, 0.3) is 0 Å². The summed E-state index contributed by atoms with van der Waals surface area (Å²) in [6.45, 7) is 1.86. The number of nitrogens with one attached hydrogen (secondary N) is 1. The van der Waals surface area contributed by atoms with Gasteiger partial charge in [-0.15, -0.1) is 11.3 Å². The molecule has 0 aliphatic rings. The van der Waals surface area contributed by atoms with E-state index in [-0.39, 0.29) is 11.5 Å². The maximum Gasteiger partial charge on any atom is 0.192 e. The number of nitrogens with two attached hydrogens (primary N) is 1. The number of fused-ring (bicyclic) bond motifs is 1. The van der Waals surface area contributed by atoms with Crippen LogP contribution >= 0.6 is 11.3 Å².